The van der Waals surface area contributed by atoms with Crippen molar-refractivity contribution in [2.24, 2.45) is 7.05 Å². The summed E-state index contributed by atoms with van der Waals surface area (Å²) in [5.41, 5.74) is 2.71. The fourth-order valence-electron chi connectivity index (χ4n) is 2.08. The number of aldehydes is 1. The Balaban J connectivity index is 2.42. The number of rotatable bonds is 2. The van der Waals surface area contributed by atoms with E-state index in [-0.39, 0.29) is 0 Å². The molecule has 0 N–H and O–H groups in total. The molecule has 0 radical (unpaired) electrons. The average molecular weight is 205 g/mol. The summed E-state index contributed by atoms with van der Waals surface area (Å²) in [6.07, 6.45) is 1.89. The van der Waals surface area contributed by atoms with Crippen molar-refractivity contribution in [3.05, 3.63) is 23.4 Å². The molecule has 1 saturated heterocycles. The maximum atomic E-state index is 11.0. The first-order chi connectivity index (χ1) is 7.13. The molecular weight excluding hydrogens is 190 g/mol. The zero-order valence-corrected chi connectivity index (χ0v) is 9.16. The fourth-order valence-corrected chi connectivity index (χ4v) is 2.08. The van der Waals surface area contributed by atoms with E-state index >= 15 is 0 Å². The predicted molar refractivity (Wildman–Crippen MR) is 59.3 cm³/mol. The fraction of sp³-hybridized carbons (Fsp3) is 0.455. The van der Waals surface area contributed by atoms with E-state index in [1.54, 1.807) is 4.68 Å². The van der Waals surface area contributed by atoms with Crippen LogP contribution in [0.5, 0.6) is 0 Å². The monoisotopic (exact) mass is 205 g/mol. The second kappa shape index (κ2) is 3.53. The van der Waals surface area contributed by atoms with Crippen LogP contribution < -0.4 is 4.90 Å². The van der Waals surface area contributed by atoms with Gasteiger partial charge in [-0.1, -0.05) is 12.2 Å². The summed E-state index contributed by atoms with van der Waals surface area (Å²) in [5.74, 6) is 0.918. The highest BCUT2D eigenvalue weighted by Crippen LogP contribution is 2.26. The van der Waals surface area contributed by atoms with Crippen LogP contribution in [0.1, 0.15) is 22.5 Å². The van der Waals surface area contributed by atoms with Gasteiger partial charge < -0.3 is 4.90 Å². The molecule has 0 aromatic carbocycles. The van der Waals surface area contributed by atoms with Gasteiger partial charge in [0.2, 0.25) is 0 Å². The molecule has 1 aromatic heterocycles. The highest BCUT2D eigenvalue weighted by atomic mass is 16.1. The van der Waals surface area contributed by atoms with Crippen molar-refractivity contribution in [1.29, 1.82) is 0 Å². The molecule has 2 rings (SSSR count). The van der Waals surface area contributed by atoms with E-state index in [1.165, 1.54) is 5.57 Å². The van der Waals surface area contributed by atoms with E-state index in [9.17, 15) is 4.79 Å². The first-order valence-corrected chi connectivity index (χ1v) is 5.04. The van der Waals surface area contributed by atoms with Gasteiger partial charge in [0.25, 0.3) is 0 Å². The number of carbonyl (C=O) groups excluding carboxylic acids is 1. The van der Waals surface area contributed by atoms with E-state index in [0.29, 0.717) is 5.56 Å². The van der Waals surface area contributed by atoms with Gasteiger partial charge in [-0.3, -0.25) is 9.48 Å². The van der Waals surface area contributed by atoms with Crippen molar-refractivity contribution in [2.45, 2.75) is 13.3 Å². The molecule has 0 bridgehead atoms. The molecule has 0 saturated carbocycles. The Hall–Kier alpha value is -1.58. The van der Waals surface area contributed by atoms with Crippen LogP contribution in [-0.2, 0) is 7.05 Å². The molecule has 1 aromatic rings. The summed E-state index contributed by atoms with van der Waals surface area (Å²) in [4.78, 5) is 13.2. The van der Waals surface area contributed by atoms with Gasteiger partial charge in [-0.15, -0.1) is 0 Å². The SMILES string of the molecule is C=C1CCN(c2c(C=O)c(C)nn2C)C1. The minimum atomic E-state index is 0.701. The molecule has 4 heteroatoms. The molecule has 1 fully saturated rings. The van der Waals surface area contributed by atoms with Crippen molar-refractivity contribution in [1.82, 2.24) is 9.78 Å². The first-order valence-electron chi connectivity index (χ1n) is 5.04. The molecule has 0 atom stereocenters. The molecule has 2 heterocycles. The zero-order chi connectivity index (χ0) is 11.0. The van der Waals surface area contributed by atoms with Gasteiger partial charge >= 0.3 is 0 Å². The van der Waals surface area contributed by atoms with Gasteiger partial charge in [0.1, 0.15) is 5.82 Å². The number of aryl methyl sites for hydroxylation is 2. The number of hydrogen-bond donors (Lipinski definition) is 0. The second-order valence-electron chi connectivity index (χ2n) is 3.99. The molecule has 1 aliphatic heterocycles. The topological polar surface area (TPSA) is 38.1 Å². The van der Waals surface area contributed by atoms with Crippen LogP contribution >= 0.6 is 0 Å². The Morgan fingerprint density at radius 3 is 2.80 bits per heavy atom. The zero-order valence-electron chi connectivity index (χ0n) is 9.16. The van der Waals surface area contributed by atoms with Gasteiger partial charge in [0.15, 0.2) is 6.29 Å². The Bertz CT molecular complexity index is 420. The minimum Gasteiger partial charge on any atom is -0.352 e. The van der Waals surface area contributed by atoms with Crippen LogP contribution in [0.3, 0.4) is 0 Å². The largest absolute Gasteiger partial charge is 0.352 e. The maximum Gasteiger partial charge on any atom is 0.155 e. The molecule has 80 valence electrons. The third-order valence-corrected chi connectivity index (χ3v) is 2.80. The average Bonchev–Trinajstić information content (AvgIpc) is 2.70. The summed E-state index contributed by atoms with van der Waals surface area (Å²) in [5, 5.41) is 4.27. The molecule has 0 amide bonds. The van der Waals surface area contributed by atoms with Gasteiger partial charge in [-0.05, 0) is 13.3 Å². The number of carbonyl (C=O) groups is 1. The third-order valence-electron chi connectivity index (χ3n) is 2.80. The Morgan fingerprint density at radius 1 is 1.53 bits per heavy atom. The summed E-state index contributed by atoms with van der Waals surface area (Å²) >= 11 is 0. The van der Waals surface area contributed by atoms with Crippen LogP contribution in [0.2, 0.25) is 0 Å². The number of anilines is 1. The molecule has 0 spiro atoms. The highest BCUT2D eigenvalue weighted by Gasteiger charge is 2.23. The van der Waals surface area contributed by atoms with Gasteiger partial charge in [-0.25, -0.2) is 0 Å². The van der Waals surface area contributed by atoms with Crippen molar-refractivity contribution in [3.8, 4) is 0 Å². The van der Waals surface area contributed by atoms with E-state index < -0.39 is 0 Å². The predicted octanol–water partition coefficient (Wildman–Crippen LogP) is 1.31. The lowest BCUT2D eigenvalue weighted by Crippen LogP contribution is -2.22. The Morgan fingerprint density at radius 2 is 2.27 bits per heavy atom. The van der Waals surface area contributed by atoms with Crippen molar-refractivity contribution < 1.29 is 4.79 Å². The van der Waals surface area contributed by atoms with Gasteiger partial charge in [-0.2, -0.15) is 5.10 Å². The molecule has 1 aliphatic rings. The van der Waals surface area contributed by atoms with Crippen LogP contribution in [0, 0.1) is 6.92 Å². The minimum absolute atomic E-state index is 0.701. The number of nitrogens with zero attached hydrogens (tertiary/aromatic N) is 3. The van der Waals surface area contributed by atoms with Crippen LogP contribution in [-0.4, -0.2) is 29.2 Å². The number of aromatic nitrogens is 2. The van der Waals surface area contributed by atoms with Crippen molar-refractivity contribution >= 4 is 12.1 Å². The van der Waals surface area contributed by atoms with Gasteiger partial charge in [0.05, 0.1) is 11.3 Å². The van der Waals surface area contributed by atoms with Crippen molar-refractivity contribution in [3.63, 3.8) is 0 Å². The third kappa shape index (κ3) is 1.56. The highest BCUT2D eigenvalue weighted by molar-refractivity contribution is 5.85. The quantitative estimate of drug-likeness (QED) is 0.539. The molecule has 0 unspecified atom stereocenters. The van der Waals surface area contributed by atoms with E-state index in [2.05, 4.69) is 16.6 Å². The molecule has 4 nitrogen and oxygen atoms in total. The Labute approximate surface area is 89.2 Å². The lowest BCUT2D eigenvalue weighted by molar-refractivity contribution is 0.112. The molecule has 15 heavy (non-hydrogen) atoms. The second-order valence-corrected chi connectivity index (χ2v) is 3.99. The lowest BCUT2D eigenvalue weighted by Gasteiger charge is -2.17. The summed E-state index contributed by atoms with van der Waals surface area (Å²) in [6.45, 7) is 7.58. The standard InChI is InChI=1S/C11H15N3O/c1-8-4-5-14(6-8)11-10(7-15)9(2)12-13(11)3/h7H,1,4-6H2,2-3H3. The van der Waals surface area contributed by atoms with Crippen LogP contribution in [0.4, 0.5) is 5.82 Å². The van der Waals surface area contributed by atoms with Gasteiger partial charge in [0, 0.05) is 20.1 Å². The van der Waals surface area contributed by atoms with Crippen LogP contribution in [0.25, 0.3) is 0 Å². The smallest absolute Gasteiger partial charge is 0.155 e. The molecule has 0 aliphatic carbocycles. The normalized spacial score (nSPS) is 16.1. The van der Waals surface area contributed by atoms with E-state index in [1.807, 2.05) is 14.0 Å². The summed E-state index contributed by atoms with van der Waals surface area (Å²) in [7, 11) is 1.87. The van der Waals surface area contributed by atoms with E-state index in [4.69, 9.17) is 0 Å². The van der Waals surface area contributed by atoms with Crippen LogP contribution in [0.15, 0.2) is 12.2 Å². The van der Waals surface area contributed by atoms with Crippen molar-refractivity contribution in [2.75, 3.05) is 18.0 Å². The Kier molecular flexibility index (Phi) is 2.34. The lowest BCUT2D eigenvalue weighted by atomic mass is 10.2. The van der Waals surface area contributed by atoms with E-state index in [0.717, 1.165) is 37.3 Å². The summed E-state index contributed by atoms with van der Waals surface area (Å²) in [6, 6.07) is 0. The maximum absolute atomic E-state index is 11.0. The summed E-state index contributed by atoms with van der Waals surface area (Å²) < 4.78 is 1.78. The first kappa shape index (κ1) is 9.96. The number of hydrogen-bond acceptors (Lipinski definition) is 3. The molecular formula is C11H15N3O.